The molecule has 2 N–H and O–H groups in total. The van der Waals surface area contributed by atoms with E-state index in [9.17, 15) is 4.79 Å². The van der Waals surface area contributed by atoms with Gasteiger partial charge in [0.15, 0.2) is 5.69 Å². The van der Waals surface area contributed by atoms with Crippen molar-refractivity contribution in [2.24, 2.45) is 0 Å². The van der Waals surface area contributed by atoms with Crippen LogP contribution in [0.5, 0.6) is 0 Å². The highest BCUT2D eigenvalue weighted by atomic mass is 16.5. The number of allylic oxidation sites excluding steroid dienone is 1. The van der Waals surface area contributed by atoms with Crippen LogP contribution in [0.25, 0.3) is 0 Å². The fraction of sp³-hybridized carbons (Fsp3) is 0.455. The third-order valence-electron chi connectivity index (χ3n) is 5.83. The maximum absolute atomic E-state index is 12.9. The molecule has 2 aromatic rings. The van der Waals surface area contributed by atoms with Gasteiger partial charge in [-0.05, 0) is 51.2 Å². The number of hydrazine groups is 1. The molecule has 0 fully saturated rings. The largest absolute Gasteiger partial charge is 0.360 e. The van der Waals surface area contributed by atoms with Crippen molar-refractivity contribution in [1.29, 1.82) is 0 Å². The summed E-state index contributed by atoms with van der Waals surface area (Å²) in [6.07, 6.45) is 5.09. The minimum atomic E-state index is -0.173. The fourth-order valence-electron chi connectivity index (χ4n) is 4.10. The predicted molar refractivity (Wildman–Crippen MR) is 107 cm³/mol. The van der Waals surface area contributed by atoms with Gasteiger partial charge in [-0.25, -0.2) is 5.43 Å². The molecule has 2 heterocycles. The molecule has 148 valence electrons. The molecule has 0 spiro atoms. The predicted octanol–water partition coefficient (Wildman–Crippen LogP) is 3.62. The summed E-state index contributed by atoms with van der Waals surface area (Å²) >= 11 is 0. The highest BCUT2D eigenvalue weighted by molar-refractivity contribution is 5.95. The van der Waals surface area contributed by atoms with Gasteiger partial charge in [-0.1, -0.05) is 35.8 Å². The lowest BCUT2D eigenvalue weighted by Crippen LogP contribution is -2.37. The van der Waals surface area contributed by atoms with E-state index in [2.05, 4.69) is 53.0 Å². The molecule has 1 amide bonds. The molecular formula is C22H28N4O2. The number of benzene rings is 1. The summed E-state index contributed by atoms with van der Waals surface area (Å²) in [5.74, 6) is 0.708. The lowest BCUT2D eigenvalue weighted by Gasteiger charge is -2.22. The average Bonchev–Trinajstić information content (AvgIpc) is 3.09. The van der Waals surface area contributed by atoms with Gasteiger partial charge in [0.2, 0.25) is 0 Å². The number of hydrogen-bond acceptors (Lipinski definition) is 5. The highest BCUT2D eigenvalue weighted by Crippen LogP contribution is 2.25. The molecule has 6 heteroatoms. The molecule has 4 rings (SSSR count). The van der Waals surface area contributed by atoms with Crippen LogP contribution in [-0.4, -0.2) is 22.1 Å². The summed E-state index contributed by atoms with van der Waals surface area (Å²) in [5, 5.41) is 9.29. The number of carbonyl (C=O) groups is 1. The minimum absolute atomic E-state index is 0.0264. The molecular weight excluding hydrogens is 352 g/mol. The number of aromatic nitrogens is 1. The van der Waals surface area contributed by atoms with Crippen molar-refractivity contribution in [2.75, 3.05) is 0 Å². The molecule has 0 saturated heterocycles. The number of nitrogens with zero attached hydrogens (tertiary/aromatic N) is 2. The highest BCUT2D eigenvalue weighted by Gasteiger charge is 2.30. The van der Waals surface area contributed by atoms with Crippen LogP contribution in [0, 0.1) is 6.92 Å². The zero-order valence-corrected chi connectivity index (χ0v) is 16.8. The van der Waals surface area contributed by atoms with Gasteiger partial charge in [-0.15, -0.1) is 0 Å². The smallest absolute Gasteiger partial charge is 0.277 e. The van der Waals surface area contributed by atoms with Gasteiger partial charge in [-0.3, -0.25) is 4.79 Å². The van der Waals surface area contributed by atoms with Gasteiger partial charge in [0.1, 0.15) is 5.76 Å². The third kappa shape index (κ3) is 3.56. The van der Waals surface area contributed by atoms with Gasteiger partial charge in [-0.2, -0.15) is 0 Å². The van der Waals surface area contributed by atoms with E-state index in [-0.39, 0.29) is 11.9 Å². The maximum atomic E-state index is 12.9. The van der Waals surface area contributed by atoms with Gasteiger partial charge in [0, 0.05) is 17.7 Å². The number of hydrogen-bond donors (Lipinski definition) is 2. The molecule has 1 aliphatic carbocycles. The first-order valence-corrected chi connectivity index (χ1v) is 10.1. The molecule has 0 radical (unpaired) electrons. The molecule has 0 bridgehead atoms. The normalized spacial score (nSPS) is 19.5. The lowest BCUT2D eigenvalue weighted by atomic mass is 10.1. The average molecular weight is 380 g/mol. The Bertz CT molecular complexity index is 915. The van der Waals surface area contributed by atoms with Gasteiger partial charge < -0.3 is 14.8 Å². The van der Waals surface area contributed by atoms with E-state index >= 15 is 0 Å². The topological polar surface area (TPSA) is 70.4 Å². The summed E-state index contributed by atoms with van der Waals surface area (Å²) in [5.41, 5.74) is 9.32. The molecule has 1 atom stereocenters. The van der Waals surface area contributed by atoms with E-state index in [0.717, 1.165) is 54.9 Å². The van der Waals surface area contributed by atoms with Crippen molar-refractivity contribution in [2.45, 2.75) is 65.5 Å². The number of amides is 1. The van der Waals surface area contributed by atoms with Gasteiger partial charge in [0.05, 0.1) is 18.3 Å². The Hall–Kier alpha value is -2.60. The van der Waals surface area contributed by atoms with Crippen molar-refractivity contribution >= 4 is 5.91 Å². The lowest BCUT2D eigenvalue weighted by molar-refractivity contribution is 0.0953. The Labute approximate surface area is 165 Å². The van der Waals surface area contributed by atoms with E-state index in [1.54, 1.807) is 0 Å². The van der Waals surface area contributed by atoms with Gasteiger partial charge in [0.25, 0.3) is 5.91 Å². The van der Waals surface area contributed by atoms with E-state index < -0.39 is 0 Å². The van der Waals surface area contributed by atoms with Crippen LogP contribution < -0.4 is 10.7 Å². The fourth-order valence-corrected chi connectivity index (χ4v) is 4.10. The van der Waals surface area contributed by atoms with Crippen molar-refractivity contribution in [3.63, 3.8) is 0 Å². The SMILES string of the molecule is CC1=C(NC(=O)c2noc3c2CCCCC3)C(C)NN1Cc1ccccc1C. The first-order valence-electron chi connectivity index (χ1n) is 10.1. The van der Waals surface area contributed by atoms with E-state index in [1.165, 1.54) is 17.5 Å². The monoisotopic (exact) mass is 380 g/mol. The van der Waals surface area contributed by atoms with Crippen molar-refractivity contribution in [3.8, 4) is 0 Å². The van der Waals surface area contributed by atoms with Crippen LogP contribution >= 0.6 is 0 Å². The Kier molecular flexibility index (Phi) is 5.22. The van der Waals surface area contributed by atoms with Crippen LogP contribution in [-0.2, 0) is 19.4 Å². The van der Waals surface area contributed by atoms with Gasteiger partial charge >= 0.3 is 0 Å². The van der Waals surface area contributed by atoms with Crippen molar-refractivity contribution in [1.82, 2.24) is 20.9 Å². The number of carbonyl (C=O) groups excluding carboxylic acids is 1. The first-order chi connectivity index (χ1) is 13.5. The molecule has 1 unspecified atom stereocenters. The summed E-state index contributed by atoms with van der Waals surface area (Å²) in [7, 11) is 0. The molecule has 0 saturated carbocycles. The molecule has 28 heavy (non-hydrogen) atoms. The van der Waals surface area contributed by atoms with Crippen molar-refractivity contribution in [3.05, 3.63) is 63.8 Å². The van der Waals surface area contributed by atoms with E-state index in [4.69, 9.17) is 4.52 Å². The Morgan fingerprint density at radius 1 is 1.25 bits per heavy atom. The molecule has 2 aliphatic rings. The van der Waals surface area contributed by atoms with Crippen LogP contribution in [0.1, 0.15) is 66.0 Å². The van der Waals surface area contributed by atoms with Crippen molar-refractivity contribution < 1.29 is 9.32 Å². The molecule has 1 aliphatic heterocycles. The van der Waals surface area contributed by atoms with E-state index in [1.807, 2.05) is 13.0 Å². The Morgan fingerprint density at radius 3 is 2.86 bits per heavy atom. The van der Waals surface area contributed by atoms with E-state index in [0.29, 0.717) is 5.69 Å². The quantitative estimate of drug-likeness (QED) is 0.793. The molecule has 6 nitrogen and oxygen atoms in total. The maximum Gasteiger partial charge on any atom is 0.277 e. The van der Waals surface area contributed by atoms with Crippen LogP contribution in [0.2, 0.25) is 0 Å². The zero-order chi connectivity index (χ0) is 19.7. The summed E-state index contributed by atoms with van der Waals surface area (Å²) in [6, 6.07) is 8.38. The number of aryl methyl sites for hydroxylation is 2. The van der Waals surface area contributed by atoms with Crippen LogP contribution in [0.4, 0.5) is 0 Å². The minimum Gasteiger partial charge on any atom is -0.360 e. The Balaban J connectivity index is 1.52. The third-order valence-corrected chi connectivity index (χ3v) is 5.83. The number of fused-ring (bicyclic) bond motifs is 1. The van der Waals surface area contributed by atoms with Crippen LogP contribution in [0.3, 0.4) is 0 Å². The second kappa shape index (κ2) is 7.80. The zero-order valence-electron chi connectivity index (χ0n) is 16.8. The summed E-state index contributed by atoms with van der Waals surface area (Å²) in [6.45, 7) is 6.96. The summed E-state index contributed by atoms with van der Waals surface area (Å²) < 4.78 is 5.47. The first kappa shape index (κ1) is 18.7. The molecule has 1 aromatic heterocycles. The Morgan fingerprint density at radius 2 is 2.04 bits per heavy atom. The molecule has 1 aromatic carbocycles. The second-order valence-corrected chi connectivity index (χ2v) is 7.81. The standard InChI is InChI=1S/C22H28N4O2/c1-14-9-7-8-10-17(14)13-26-16(3)20(15(2)24-26)23-22(27)21-18-11-5-4-6-12-19(18)28-25-21/h7-10,15,24H,4-6,11-13H2,1-3H3,(H,23,27). The number of rotatable bonds is 4. The van der Waals surface area contributed by atoms with Crippen LogP contribution in [0.15, 0.2) is 40.2 Å². The summed E-state index contributed by atoms with van der Waals surface area (Å²) in [4.78, 5) is 12.9. The second-order valence-electron chi connectivity index (χ2n) is 7.81. The number of nitrogens with one attached hydrogen (secondary N) is 2.